The lowest BCUT2D eigenvalue weighted by atomic mass is 10.1. The van der Waals surface area contributed by atoms with Gasteiger partial charge >= 0.3 is 0 Å². The quantitative estimate of drug-likeness (QED) is 0.739. The monoisotopic (exact) mass is 322 g/mol. The van der Waals surface area contributed by atoms with Gasteiger partial charge < -0.3 is 5.32 Å². The molecule has 0 aromatic carbocycles. The van der Waals surface area contributed by atoms with Gasteiger partial charge in [-0.1, -0.05) is 27.2 Å². The van der Waals surface area contributed by atoms with Gasteiger partial charge in [-0.25, -0.2) is 8.42 Å². The number of rotatable bonds is 8. The van der Waals surface area contributed by atoms with Crippen LogP contribution in [-0.4, -0.2) is 62.1 Å². The van der Waals surface area contributed by atoms with Crippen LogP contribution in [0.3, 0.4) is 0 Å². The molecule has 1 aliphatic heterocycles. The van der Waals surface area contributed by atoms with Crippen LogP contribution in [-0.2, 0) is 9.84 Å². The highest BCUT2D eigenvalue weighted by Crippen LogP contribution is 2.24. The van der Waals surface area contributed by atoms with Gasteiger partial charge in [0.05, 0.1) is 0 Å². The molecule has 4 nitrogen and oxygen atoms in total. The lowest BCUT2D eigenvalue weighted by Crippen LogP contribution is -2.54. The van der Waals surface area contributed by atoms with E-state index in [-0.39, 0.29) is 5.37 Å². The topological polar surface area (TPSA) is 49.4 Å². The highest BCUT2D eigenvalue weighted by atomic mass is 32.2. The van der Waals surface area contributed by atoms with Gasteiger partial charge in [0.1, 0.15) is 5.37 Å². The Morgan fingerprint density at radius 3 is 2.60 bits per heavy atom. The zero-order chi connectivity index (χ0) is 15.2. The van der Waals surface area contributed by atoms with Crippen molar-refractivity contribution in [1.29, 1.82) is 0 Å². The predicted molar refractivity (Wildman–Crippen MR) is 89.1 cm³/mol. The van der Waals surface area contributed by atoms with E-state index < -0.39 is 9.84 Å². The van der Waals surface area contributed by atoms with E-state index in [1.807, 2.05) is 0 Å². The highest BCUT2D eigenvalue weighted by Gasteiger charge is 2.34. The van der Waals surface area contributed by atoms with Crippen molar-refractivity contribution in [2.75, 3.05) is 37.4 Å². The van der Waals surface area contributed by atoms with Gasteiger partial charge in [0.2, 0.25) is 0 Å². The van der Waals surface area contributed by atoms with Gasteiger partial charge in [-0.15, -0.1) is 0 Å². The highest BCUT2D eigenvalue weighted by molar-refractivity contribution is 8.00. The van der Waals surface area contributed by atoms with Gasteiger partial charge in [0.25, 0.3) is 0 Å². The molecule has 20 heavy (non-hydrogen) atoms. The van der Waals surface area contributed by atoms with Crippen molar-refractivity contribution < 1.29 is 8.42 Å². The second-order valence-corrected chi connectivity index (χ2v) is 9.44. The zero-order valence-electron chi connectivity index (χ0n) is 13.3. The van der Waals surface area contributed by atoms with Crippen molar-refractivity contribution in [3.63, 3.8) is 0 Å². The number of hydrogen-bond acceptors (Lipinski definition) is 5. The Labute approximate surface area is 129 Å². The average Bonchev–Trinajstić information content (AvgIpc) is 2.36. The van der Waals surface area contributed by atoms with Crippen molar-refractivity contribution in [3.05, 3.63) is 0 Å². The normalized spacial score (nSPS) is 23.1. The molecule has 2 unspecified atom stereocenters. The molecule has 1 fully saturated rings. The predicted octanol–water partition coefficient (Wildman–Crippen LogP) is 1.82. The summed E-state index contributed by atoms with van der Waals surface area (Å²) < 4.78 is 24.0. The summed E-state index contributed by atoms with van der Waals surface area (Å²) in [6, 6.07) is 0.333. The standard InChI is InChI=1S/C14H30N2O2S2/c1-5-6-13(10-15-9-12(2)3)16-7-8-19-11-14(16)20(4,17)18/h12-15H,5-11H2,1-4H3. The van der Waals surface area contributed by atoms with Gasteiger partial charge in [-0.2, -0.15) is 11.8 Å². The maximum atomic E-state index is 12.0. The van der Waals surface area contributed by atoms with Crippen LogP contribution in [0.4, 0.5) is 0 Å². The smallest absolute Gasteiger partial charge is 0.164 e. The first-order chi connectivity index (χ1) is 9.36. The molecule has 0 saturated carbocycles. The Morgan fingerprint density at radius 1 is 1.35 bits per heavy atom. The summed E-state index contributed by atoms with van der Waals surface area (Å²) in [6.07, 6.45) is 3.52. The van der Waals surface area contributed by atoms with Crippen LogP contribution in [0.25, 0.3) is 0 Å². The minimum Gasteiger partial charge on any atom is -0.315 e. The summed E-state index contributed by atoms with van der Waals surface area (Å²) in [6.45, 7) is 9.33. The summed E-state index contributed by atoms with van der Waals surface area (Å²) in [5.74, 6) is 2.37. The van der Waals surface area contributed by atoms with Crippen molar-refractivity contribution in [1.82, 2.24) is 10.2 Å². The largest absolute Gasteiger partial charge is 0.315 e. The molecule has 2 atom stereocenters. The van der Waals surface area contributed by atoms with Crippen molar-refractivity contribution in [3.8, 4) is 0 Å². The number of thioether (sulfide) groups is 1. The molecule has 1 N–H and O–H groups in total. The molecule has 0 aliphatic carbocycles. The van der Waals surface area contributed by atoms with Crippen LogP contribution in [0.1, 0.15) is 33.6 Å². The van der Waals surface area contributed by atoms with E-state index in [9.17, 15) is 8.42 Å². The number of sulfone groups is 1. The molecular formula is C14H30N2O2S2. The van der Waals surface area contributed by atoms with Crippen molar-refractivity contribution in [2.24, 2.45) is 5.92 Å². The van der Waals surface area contributed by atoms with Crippen LogP contribution in [0.5, 0.6) is 0 Å². The van der Waals surface area contributed by atoms with Crippen LogP contribution >= 0.6 is 11.8 Å². The maximum absolute atomic E-state index is 12.0. The van der Waals surface area contributed by atoms with E-state index in [1.165, 1.54) is 6.26 Å². The Hall–Kier alpha value is 0.220. The molecule has 0 aromatic rings. The molecule has 1 aliphatic rings. The fraction of sp³-hybridized carbons (Fsp3) is 1.00. The Bertz CT molecular complexity index is 371. The molecule has 120 valence electrons. The van der Waals surface area contributed by atoms with Crippen LogP contribution in [0.2, 0.25) is 0 Å². The molecule has 0 amide bonds. The van der Waals surface area contributed by atoms with E-state index in [1.54, 1.807) is 11.8 Å². The fourth-order valence-corrected chi connectivity index (χ4v) is 5.58. The van der Waals surface area contributed by atoms with E-state index in [4.69, 9.17) is 0 Å². The fourth-order valence-electron chi connectivity index (χ4n) is 2.64. The first-order valence-corrected chi connectivity index (χ1v) is 10.7. The average molecular weight is 323 g/mol. The molecule has 1 saturated heterocycles. The van der Waals surface area contributed by atoms with E-state index in [0.29, 0.717) is 17.7 Å². The summed E-state index contributed by atoms with van der Waals surface area (Å²) in [4.78, 5) is 2.22. The minimum absolute atomic E-state index is 0.307. The molecule has 0 spiro atoms. The van der Waals surface area contributed by atoms with Gasteiger partial charge in [0, 0.05) is 36.9 Å². The molecule has 1 heterocycles. The first kappa shape index (κ1) is 18.3. The van der Waals surface area contributed by atoms with E-state index >= 15 is 0 Å². The molecule has 6 heteroatoms. The summed E-state index contributed by atoms with van der Waals surface area (Å²) in [5, 5.41) is 3.19. The third-order valence-corrected chi connectivity index (χ3v) is 6.30. The minimum atomic E-state index is -3.00. The molecule has 0 aromatic heterocycles. The van der Waals surface area contributed by atoms with Crippen LogP contribution in [0.15, 0.2) is 0 Å². The number of nitrogens with one attached hydrogen (secondary N) is 1. The SMILES string of the molecule is CCCC(CNCC(C)C)N1CCSCC1S(C)(=O)=O. The number of nitrogens with zero attached hydrogens (tertiary/aromatic N) is 1. The molecular weight excluding hydrogens is 292 g/mol. The lowest BCUT2D eigenvalue weighted by Gasteiger charge is -2.40. The molecule has 0 radical (unpaired) electrons. The third-order valence-electron chi connectivity index (χ3n) is 3.64. The molecule has 0 bridgehead atoms. The maximum Gasteiger partial charge on any atom is 0.164 e. The van der Waals surface area contributed by atoms with Crippen LogP contribution < -0.4 is 5.32 Å². The third kappa shape index (κ3) is 5.92. The van der Waals surface area contributed by atoms with Crippen molar-refractivity contribution >= 4 is 21.6 Å². The zero-order valence-corrected chi connectivity index (χ0v) is 14.9. The van der Waals surface area contributed by atoms with E-state index in [2.05, 4.69) is 31.0 Å². The van der Waals surface area contributed by atoms with Gasteiger partial charge in [0.15, 0.2) is 9.84 Å². The molecule has 1 rings (SSSR count). The van der Waals surface area contributed by atoms with Gasteiger partial charge in [-0.05, 0) is 18.9 Å². The summed E-state index contributed by atoms with van der Waals surface area (Å²) in [7, 11) is -3.00. The first-order valence-electron chi connectivity index (χ1n) is 7.59. The second-order valence-electron chi connectivity index (χ2n) is 6.09. The second kappa shape index (κ2) is 8.61. The summed E-state index contributed by atoms with van der Waals surface area (Å²) in [5.41, 5.74) is 0. The lowest BCUT2D eigenvalue weighted by molar-refractivity contribution is 0.176. The summed E-state index contributed by atoms with van der Waals surface area (Å²) >= 11 is 1.76. The Kier molecular flexibility index (Phi) is 7.87. The Balaban J connectivity index is 2.71. The van der Waals surface area contributed by atoms with E-state index in [0.717, 1.165) is 38.2 Å². The van der Waals surface area contributed by atoms with Crippen molar-refractivity contribution in [2.45, 2.75) is 45.0 Å². The van der Waals surface area contributed by atoms with Gasteiger partial charge in [-0.3, -0.25) is 4.90 Å². The Morgan fingerprint density at radius 2 is 2.05 bits per heavy atom. The number of hydrogen-bond donors (Lipinski definition) is 1. The van der Waals surface area contributed by atoms with Crippen LogP contribution in [0, 0.1) is 5.92 Å².